The van der Waals surface area contributed by atoms with Crippen molar-refractivity contribution in [2.24, 2.45) is 23.2 Å². The van der Waals surface area contributed by atoms with E-state index in [2.05, 4.69) is 74.2 Å². The van der Waals surface area contributed by atoms with Crippen LogP contribution in [0.25, 0.3) is 33.4 Å². The summed E-state index contributed by atoms with van der Waals surface area (Å²) in [7, 11) is 1.69. The first-order valence-electron chi connectivity index (χ1n) is 18.2. The Balaban J connectivity index is 1.35. The summed E-state index contributed by atoms with van der Waals surface area (Å²) in [5.74, 6) is -0.543. The number of hydrogen-bond acceptors (Lipinski definition) is 9. The highest BCUT2D eigenvalue weighted by Crippen LogP contribution is 2.45. The fraction of sp³-hybridized carbons (Fsp3) is 0.475. The number of cyclic esters (lactones) is 1. The second-order valence-corrected chi connectivity index (χ2v) is 16.1. The average Bonchev–Trinajstić information content (AvgIpc) is 3.43. The van der Waals surface area contributed by atoms with Crippen molar-refractivity contribution in [3.63, 3.8) is 0 Å². The molecule has 1 aliphatic carbocycles. The molecule has 1 fully saturated rings. The molecule has 7 rings (SSSR count). The van der Waals surface area contributed by atoms with E-state index in [9.17, 15) is 14.4 Å². The molecular formula is C40H48N6O5S. The monoisotopic (exact) mass is 724 g/mol. The zero-order valence-corrected chi connectivity index (χ0v) is 31.8. The van der Waals surface area contributed by atoms with Crippen LogP contribution in [0.1, 0.15) is 63.9 Å². The number of aromatic nitrogens is 3. The first kappa shape index (κ1) is 36.0. The summed E-state index contributed by atoms with van der Waals surface area (Å²) in [5.41, 5.74) is 9.50. The number of pyridine rings is 1. The molecule has 0 saturated heterocycles. The summed E-state index contributed by atoms with van der Waals surface area (Å²) >= 11 is 1.47. The van der Waals surface area contributed by atoms with Gasteiger partial charge in [0.1, 0.15) is 12.1 Å². The van der Waals surface area contributed by atoms with Crippen LogP contribution in [-0.2, 0) is 43.2 Å². The number of methoxy groups -OCH3 is 1. The maximum absolute atomic E-state index is 14.1. The zero-order valence-electron chi connectivity index (χ0n) is 30.9. The molecule has 6 bridgehead atoms. The molecule has 1 aromatic carbocycles. The number of benzene rings is 1. The Morgan fingerprint density at radius 1 is 1.21 bits per heavy atom. The van der Waals surface area contributed by atoms with Gasteiger partial charge in [0.25, 0.3) is 5.91 Å². The van der Waals surface area contributed by atoms with Gasteiger partial charge < -0.3 is 19.4 Å². The third kappa shape index (κ3) is 6.79. The minimum absolute atomic E-state index is 0.130. The Morgan fingerprint density at radius 3 is 2.73 bits per heavy atom. The van der Waals surface area contributed by atoms with Crippen LogP contribution in [0.15, 0.2) is 54.1 Å². The van der Waals surface area contributed by atoms with Gasteiger partial charge in [0, 0.05) is 65.0 Å². The van der Waals surface area contributed by atoms with Gasteiger partial charge >= 0.3 is 5.97 Å². The lowest BCUT2D eigenvalue weighted by molar-refractivity contribution is -0.151. The summed E-state index contributed by atoms with van der Waals surface area (Å²) in [6.07, 6.45) is 5.91. The fourth-order valence-corrected chi connectivity index (χ4v) is 8.55. The summed E-state index contributed by atoms with van der Waals surface area (Å²) < 4.78 is 14.1. The molecule has 11 nitrogen and oxygen atoms in total. The predicted molar refractivity (Wildman–Crippen MR) is 201 cm³/mol. The van der Waals surface area contributed by atoms with Crippen LogP contribution in [0.5, 0.6) is 0 Å². The van der Waals surface area contributed by atoms with Crippen molar-refractivity contribution in [3.8, 4) is 22.5 Å². The van der Waals surface area contributed by atoms with E-state index >= 15 is 0 Å². The standard InChI is InChI=1S/C40H48N6O5S/c1-8-45-32-14-13-25-17-27(32)28(36(45)26-11-9-15-41-35(26)24(4)50-7)19-40(5,6)21-51-39(49)29-12-10-16-46(44-29)38(48)30(18-33-42-31(25)20-52-33)43-37(47)34-22(2)23(34)3/h9-15,17,20,22-24,29-30,34,44H,8,16,18-19,21H2,1-7H3,(H,43,47)/t22-,23+,24-,29-,30-,34?/m0/s1. The SMILES string of the molecule is CCn1c(-c2cccnc2[C@H](C)OC)c2c3cc(ccc31)-c1csc(n1)C[C@H](NC(=O)C1[C@@H](C)[C@H]1C)C(=O)N1CC=C[C@H](N1)C(=O)OCC(C)(C)C2. The Morgan fingerprint density at radius 2 is 2.00 bits per heavy atom. The zero-order chi connectivity index (χ0) is 36.9. The van der Waals surface area contributed by atoms with E-state index in [1.54, 1.807) is 25.5 Å². The second kappa shape index (κ2) is 14.2. The highest BCUT2D eigenvalue weighted by Gasteiger charge is 2.49. The average molecular weight is 725 g/mol. The molecule has 2 aliphatic heterocycles. The van der Waals surface area contributed by atoms with Crippen LogP contribution >= 0.6 is 11.3 Å². The van der Waals surface area contributed by atoms with Crippen molar-refractivity contribution in [3.05, 3.63) is 70.3 Å². The smallest absolute Gasteiger partial charge is 0.328 e. The van der Waals surface area contributed by atoms with Crippen molar-refractivity contribution in [1.82, 2.24) is 30.3 Å². The minimum Gasteiger partial charge on any atom is -0.464 e. The molecule has 1 saturated carbocycles. The quantitative estimate of drug-likeness (QED) is 0.187. The van der Waals surface area contributed by atoms with E-state index in [0.29, 0.717) is 6.42 Å². The lowest BCUT2D eigenvalue weighted by atomic mass is 9.84. The second-order valence-electron chi connectivity index (χ2n) is 15.2. The van der Waals surface area contributed by atoms with Gasteiger partial charge in [-0.15, -0.1) is 11.3 Å². The number of ether oxygens (including phenoxy) is 2. The van der Waals surface area contributed by atoms with Gasteiger partial charge in [-0.1, -0.05) is 45.9 Å². The van der Waals surface area contributed by atoms with Crippen LogP contribution in [-0.4, -0.2) is 69.7 Å². The number of hydrogen-bond donors (Lipinski definition) is 2. The number of hydrazine groups is 1. The number of rotatable bonds is 6. The first-order chi connectivity index (χ1) is 24.9. The van der Waals surface area contributed by atoms with Gasteiger partial charge in [0.15, 0.2) is 0 Å². The highest BCUT2D eigenvalue weighted by molar-refractivity contribution is 7.10. The van der Waals surface area contributed by atoms with Crippen molar-refractivity contribution >= 4 is 40.0 Å². The third-order valence-electron chi connectivity index (χ3n) is 11.0. The van der Waals surface area contributed by atoms with Gasteiger partial charge in [-0.2, -0.15) is 0 Å². The van der Waals surface area contributed by atoms with Gasteiger partial charge in [0.05, 0.1) is 41.3 Å². The van der Waals surface area contributed by atoms with Crippen LogP contribution < -0.4 is 10.7 Å². The van der Waals surface area contributed by atoms with E-state index in [1.807, 2.05) is 18.4 Å². The molecular weight excluding hydrogens is 677 g/mol. The molecule has 1 unspecified atom stereocenters. The maximum Gasteiger partial charge on any atom is 0.328 e. The van der Waals surface area contributed by atoms with E-state index < -0.39 is 23.5 Å². The Bertz CT molecular complexity index is 2040. The molecule has 2 N–H and O–H groups in total. The van der Waals surface area contributed by atoms with E-state index in [-0.39, 0.29) is 55.2 Å². The summed E-state index contributed by atoms with van der Waals surface area (Å²) in [6.45, 7) is 13.6. The van der Waals surface area contributed by atoms with Crippen molar-refractivity contribution in [2.75, 3.05) is 20.3 Å². The molecule has 4 aromatic rings. The third-order valence-corrected chi connectivity index (χ3v) is 11.8. The number of carbonyl (C=O) groups excluding carboxylic acids is 3. The number of thiazole rings is 1. The van der Waals surface area contributed by atoms with Crippen LogP contribution in [0.2, 0.25) is 0 Å². The molecule has 3 aromatic heterocycles. The Hall–Kier alpha value is -4.39. The van der Waals surface area contributed by atoms with Gasteiger partial charge in [-0.3, -0.25) is 19.6 Å². The molecule has 6 atom stereocenters. The predicted octanol–water partition coefficient (Wildman–Crippen LogP) is 5.88. The van der Waals surface area contributed by atoms with Crippen molar-refractivity contribution in [1.29, 1.82) is 0 Å². The molecule has 52 heavy (non-hydrogen) atoms. The lowest BCUT2D eigenvalue weighted by Crippen LogP contribution is -2.59. The number of carbonyl (C=O) groups is 3. The fourth-order valence-electron chi connectivity index (χ4n) is 7.70. The Labute approximate surface area is 308 Å². The molecule has 2 amide bonds. The van der Waals surface area contributed by atoms with Crippen LogP contribution in [0.3, 0.4) is 0 Å². The van der Waals surface area contributed by atoms with Gasteiger partial charge in [-0.25, -0.2) is 15.2 Å². The first-order valence-corrected chi connectivity index (χ1v) is 19.1. The van der Waals surface area contributed by atoms with E-state index in [0.717, 1.165) is 56.2 Å². The van der Waals surface area contributed by atoms with E-state index in [1.165, 1.54) is 16.3 Å². The van der Waals surface area contributed by atoms with Crippen LogP contribution in [0.4, 0.5) is 0 Å². The van der Waals surface area contributed by atoms with Crippen LogP contribution in [0, 0.1) is 23.2 Å². The molecule has 274 valence electrons. The van der Waals surface area contributed by atoms with Crippen molar-refractivity contribution < 1.29 is 23.9 Å². The summed E-state index contributed by atoms with van der Waals surface area (Å²) in [5, 5.41) is 8.29. The number of esters is 1. The van der Waals surface area contributed by atoms with Gasteiger partial charge in [-0.05, 0) is 61.9 Å². The topological polar surface area (TPSA) is 128 Å². The molecule has 5 heterocycles. The largest absolute Gasteiger partial charge is 0.464 e. The molecule has 0 radical (unpaired) electrons. The number of nitrogens with zero attached hydrogens (tertiary/aromatic N) is 4. The minimum atomic E-state index is -0.863. The summed E-state index contributed by atoms with van der Waals surface area (Å²) in [6, 6.07) is 8.80. The number of nitrogens with one attached hydrogen (secondary N) is 2. The lowest BCUT2D eigenvalue weighted by Gasteiger charge is -2.33. The molecule has 0 spiro atoms. The van der Waals surface area contributed by atoms with Gasteiger partial charge in [0.2, 0.25) is 5.91 Å². The maximum atomic E-state index is 14.1. The number of aryl methyl sites for hydroxylation is 1. The normalized spacial score (nSPS) is 25.1. The molecule has 12 heteroatoms. The summed E-state index contributed by atoms with van der Waals surface area (Å²) in [4.78, 5) is 50.8. The van der Waals surface area contributed by atoms with Crippen molar-refractivity contribution in [2.45, 2.75) is 79.1 Å². The van der Waals surface area contributed by atoms with E-state index in [4.69, 9.17) is 19.4 Å². The molecule has 3 aliphatic rings. The highest BCUT2D eigenvalue weighted by atomic mass is 32.1. The Kier molecular flexibility index (Phi) is 9.83. The number of amides is 2. The number of fused-ring (bicyclic) bond motifs is 6.